The van der Waals surface area contributed by atoms with Gasteiger partial charge in [-0.25, -0.2) is 13.2 Å². The predicted octanol–water partition coefficient (Wildman–Crippen LogP) is 6.08. The molecule has 4 rings (SSSR count). The lowest BCUT2D eigenvalue weighted by Crippen LogP contribution is -2.14. The van der Waals surface area contributed by atoms with Gasteiger partial charge in [-0.1, -0.05) is 29.3 Å². The lowest BCUT2D eigenvalue weighted by Gasteiger charge is -2.13. The van der Waals surface area contributed by atoms with E-state index in [-0.39, 0.29) is 27.1 Å². The summed E-state index contributed by atoms with van der Waals surface area (Å²) >= 11 is 12.0. The summed E-state index contributed by atoms with van der Waals surface area (Å²) in [6, 6.07) is 6.18. The van der Waals surface area contributed by atoms with Crippen molar-refractivity contribution in [3.05, 3.63) is 75.8 Å². The van der Waals surface area contributed by atoms with E-state index in [4.69, 9.17) is 27.9 Å². The third kappa shape index (κ3) is 4.32. The summed E-state index contributed by atoms with van der Waals surface area (Å²) in [5, 5.41) is 0.703. The van der Waals surface area contributed by atoms with Crippen molar-refractivity contribution in [3.63, 3.8) is 0 Å². The van der Waals surface area contributed by atoms with Gasteiger partial charge in [0.05, 0.1) is 23.4 Å². The van der Waals surface area contributed by atoms with Crippen molar-refractivity contribution in [1.82, 2.24) is 9.97 Å². The molecule has 35 heavy (non-hydrogen) atoms. The number of halogens is 7. The lowest BCUT2D eigenvalue weighted by atomic mass is 10.1. The molecule has 182 valence electrons. The number of fused-ring (bicyclic) bond motifs is 1. The molecule has 0 aliphatic heterocycles. The first-order valence-electron chi connectivity index (χ1n) is 9.21. The van der Waals surface area contributed by atoms with Crippen LogP contribution in [0.15, 0.2) is 41.4 Å². The van der Waals surface area contributed by atoms with Gasteiger partial charge in [0, 0.05) is 11.6 Å². The Hall–Kier alpha value is -3.22. The fourth-order valence-electron chi connectivity index (χ4n) is 3.12. The van der Waals surface area contributed by atoms with Crippen LogP contribution < -0.4 is 8.92 Å². The average Bonchev–Trinajstić information content (AvgIpc) is 2.84. The fourth-order valence-corrected chi connectivity index (χ4v) is 4.37. The molecule has 0 unspecified atom stereocenters. The maximum Gasteiger partial charge on any atom is 0.339 e. The standard InChI is InChI=1S/C21H9Cl2F5N2O4S/c1-33-21-11(7-12(22)20(23)30-21)18-10-3-2-9(6-8(10)4-5-29-18)35(31,32)34-19-16(27)14(25)13(24)15(26)17(19)28/h2-7H,1H3. The minimum Gasteiger partial charge on any atom is -0.480 e. The van der Waals surface area contributed by atoms with Gasteiger partial charge < -0.3 is 8.92 Å². The predicted molar refractivity (Wildman–Crippen MR) is 116 cm³/mol. The van der Waals surface area contributed by atoms with Crippen LogP contribution in [0.5, 0.6) is 11.6 Å². The van der Waals surface area contributed by atoms with E-state index in [1.807, 2.05) is 0 Å². The normalized spacial score (nSPS) is 11.7. The van der Waals surface area contributed by atoms with Crippen molar-refractivity contribution in [2.24, 2.45) is 0 Å². The second-order valence-corrected chi connectivity index (χ2v) is 9.11. The average molecular weight is 551 g/mol. The number of ether oxygens (including phenoxy) is 1. The highest BCUT2D eigenvalue weighted by Gasteiger charge is 2.31. The zero-order chi connectivity index (χ0) is 25.7. The molecule has 0 spiro atoms. The molecule has 0 fully saturated rings. The van der Waals surface area contributed by atoms with Crippen molar-refractivity contribution >= 4 is 44.1 Å². The molecule has 0 amide bonds. The first-order valence-corrected chi connectivity index (χ1v) is 11.4. The molecule has 14 heteroatoms. The molecule has 0 radical (unpaired) electrons. The molecule has 0 aliphatic carbocycles. The highest BCUT2D eigenvalue weighted by Crippen LogP contribution is 2.37. The number of hydrogen-bond acceptors (Lipinski definition) is 6. The van der Waals surface area contributed by atoms with E-state index in [0.29, 0.717) is 10.9 Å². The third-order valence-corrected chi connectivity index (χ3v) is 6.62. The summed E-state index contributed by atoms with van der Waals surface area (Å²) in [6.07, 6.45) is 1.32. The quantitative estimate of drug-likeness (QED) is 0.0985. The summed E-state index contributed by atoms with van der Waals surface area (Å²) < 4.78 is 103. The van der Waals surface area contributed by atoms with Gasteiger partial charge >= 0.3 is 10.1 Å². The maximum absolute atomic E-state index is 13.9. The maximum atomic E-state index is 13.9. The number of aromatic nitrogens is 2. The number of methoxy groups -OCH3 is 1. The van der Waals surface area contributed by atoms with Crippen LogP contribution in [0, 0.1) is 29.1 Å². The van der Waals surface area contributed by atoms with Crippen molar-refractivity contribution < 1.29 is 39.3 Å². The van der Waals surface area contributed by atoms with E-state index in [1.54, 1.807) is 0 Å². The minimum absolute atomic E-state index is 0.0221. The van der Waals surface area contributed by atoms with E-state index < -0.39 is 49.8 Å². The number of rotatable bonds is 5. The Morgan fingerprint density at radius 1 is 0.886 bits per heavy atom. The Morgan fingerprint density at radius 2 is 1.51 bits per heavy atom. The van der Waals surface area contributed by atoms with Crippen molar-refractivity contribution in [3.8, 4) is 22.9 Å². The molecule has 0 aliphatic rings. The molecule has 0 N–H and O–H groups in total. The van der Waals surface area contributed by atoms with E-state index in [0.717, 1.165) is 12.1 Å². The van der Waals surface area contributed by atoms with Gasteiger partial charge in [0.15, 0.2) is 5.15 Å². The van der Waals surface area contributed by atoms with Crippen molar-refractivity contribution in [2.45, 2.75) is 4.90 Å². The first kappa shape index (κ1) is 24.9. The molecule has 4 aromatic rings. The Balaban J connectivity index is 1.82. The van der Waals surface area contributed by atoms with Crippen LogP contribution in [-0.4, -0.2) is 25.5 Å². The van der Waals surface area contributed by atoms with Gasteiger partial charge in [0.1, 0.15) is 4.90 Å². The molecule has 2 heterocycles. The van der Waals surface area contributed by atoms with Crippen LogP contribution in [0.3, 0.4) is 0 Å². The summed E-state index contributed by atoms with van der Waals surface area (Å²) in [7, 11) is -3.69. The second kappa shape index (κ2) is 9.10. The van der Waals surface area contributed by atoms with Crippen molar-refractivity contribution in [1.29, 1.82) is 0 Å². The van der Waals surface area contributed by atoms with Crippen LogP contribution in [0.4, 0.5) is 22.0 Å². The number of pyridine rings is 2. The lowest BCUT2D eigenvalue weighted by molar-refractivity contribution is 0.346. The van der Waals surface area contributed by atoms with Crippen LogP contribution in [0.2, 0.25) is 10.2 Å². The van der Waals surface area contributed by atoms with Crippen LogP contribution >= 0.6 is 23.2 Å². The number of benzene rings is 2. The smallest absolute Gasteiger partial charge is 0.339 e. The molecule has 0 saturated carbocycles. The second-order valence-electron chi connectivity index (χ2n) is 6.80. The van der Waals surface area contributed by atoms with Gasteiger partial charge in [-0.15, -0.1) is 0 Å². The molecule has 0 bridgehead atoms. The van der Waals surface area contributed by atoms with Gasteiger partial charge in [-0.2, -0.15) is 22.2 Å². The fraction of sp³-hybridized carbons (Fsp3) is 0.0476. The third-order valence-electron chi connectivity index (χ3n) is 4.73. The Bertz CT molecular complexity index is 1590. The molecular formula is C21H9Cl2F5N2O4S. The molecule has 0 atom stereocenters. The van der Waals surface area contributed by atoms with Crippen LogP contribution in [0.1, 0.15) is 0 Å². The minimum atomic E-state index is -5.03. The van der Waals surface area contributed by atoms with E-state index in [2.05, 4.69) is 14.2 Å². The Morgan fingerprint density at radius 3 is 2.14 bits per heavy atom. The Kier molecular flexibility index (Phi) is 6.47. The van der Waals surface area contributed by atoms with Gasteiger partial charge in [0.25, 0.3) is 0 Å². The first-order chi connectivity index (χ1) is 16.5. The van der Waals surface area contributed by atoms with Gasteiger partial charge in [0.2, 0.25) is 40.7 Å². The molecular weight excluding hydrogens is 542 g/mol. The highest BCUT2D eigenvalue weighted by atomic mass is 35.5. The zero-order valence-corrected chi connectivity index (χ0v) is 19.4. The number of hydrogen-bond donors (Lipinski definition) is 0. The number of nitrogens with zero attached hydrogens (tertiary/aromatic N) is 2. The highest BCUT2D eigenvalue weighted by molar-refractivity contribution is 7.87. The van der Waals surface area contributed by atoms with E-state index in [9.17, 15) is 30.4 Å². The van der Waals surface area contributed by atoms with Gasteiger partial charge in [-0.05, 0) is 29.7 Å². The summed E-state index contributed by atoms with van der Waals surface area (Å²) in [5.41, 5.74) is 0.593. The topological polar surface area (TPSA) is 78.4 Å². The van der Waals surface area contributed by atoms with E-state index in [1.165, 1.54) is 31.5 Å². The SMILES string of the molecule is COc1nc(Cl)c(Cl)cc1-c1nccc2cc(S(=O)(=O)Oc3c(F)c(F)c(F)c(F)c3F)ccc12. The molecule has 2 aromatic carbocycles. The molecule has 6 nitrogen and oxygen atoms in total. The monoisotopic (exact) mass is 550 g/mol. The molecule has 0 saturated heterocycles. The van der Waals surface area contributed by atoms with Crippen molar-refractivity contribution in [2.75, 3.05) is 7.11 Å². The largest absolute Gasteiger partial charge is 0.480 e. The summed E-state index contributed by atoms with van der Waals surface area (Å²) in [5.74, 6) is -13.9. The van der Waals surface area contributed by atoms with E-state index >= 15 is 0 Å². The molecule has 2 aromatic heterocycles. The summed E-state index contributed by atoms with van der Waals surface area (Å²) in [4.78, 5) is 7.62. The van der Waals surface area contributed by atoms with Crippen LogP contribution in [-0.2, 0) is 10.1 Å². The Labute approximate surface area is 204 Å². The summed E-state index contributed by atoms with van der Waals surface area (Å²) in [6.45, 7) is 0. The van der Waals surface area contributed by atoms with Gasteiger partial charge in [-0.3, -0.25) is 4.98 Å². The zero-order valence-electron chi connectivity index (χ0n) is 17.0. The van der Waals surface area contributed by atoms with Crippen LogP contribution in [0.25, 0.3) is 22.0 Å².